The molecule has 2 rings (SSSR count). The van der Waals surface area contributed by atoms with Gasteiger partial charge in [0.1, 0.15) is 11.5 Å². The van der Waals surface area contributed by atoms with Gasteiger partial charge in [0, 0.05) is 18.2 Å². The molecule has 0 heterocycles. The number of ether oxygens (including phenoxy) is 1. The van der Waals surface area contributed by atoms with Crippen LogP contribution in [0.5, 0.6) is 11.5 Å². The van der Waals surface area contributed by atoms with Gasteiger partial charge >= 0.3 is 0 Å². The van der Waals surface area contributed by atoms with Gasteiger partial charge in [-0.2, -0.15) is 0 Å². The van der Waals surface area contributed by atoms with Crippen molar-refractivity contribution >= 4 is 23.2 Å². The van der Waals surface area contributed by atoms with Crippen LogP contribution in [0, 0.1) is 0 Å². The molecule has 0 unspecified atom stereocenters. The number of aromatic hydroxyl groups is 1. The monoisotopic (exact) mass is 524 g/mol. The summed E-state index contributed by atoms with van der Waals surface area (Å²) in [6, 6.07) is 11.0. The van der Waals surface area contributed by atoms with Crippen LogP contribution in [0.2, 0.25) is 0 Å². The summed E-state index contributed by atoms with van der Waals surface area (Å²) in [5.41, 5.74) is 3.11. The number of nitrogens with one attached hydrogen (secondary N) is 2. The highest BCUT2D eigenvalue weighted by molar-refractivity contribution is 5.95. The van der Waals surface area contributed by atoms with Gasteiger partial charge in [-0.15, -0.1) is 0 Å². The summed E-state index contributed by atoms with van der Waals surface area (Å²) < 4.78 is 5.93. The maximum absolute atomic E-state index is 12.7. The van der Waals surface area contributed by atoms with Gasteiger partial charge in [0.2, 0.25) is 5.91 Å². The summed E-state index contributed by atoms with van der Waals surface area (Å²) >= 11 is 0. The fourth-order valence-corrected chi connectivity index (χ4v) is 4.03. The molecule has 6 heteroatoms. The van der Waals surface area contributed by atoms with Crippen molar-refractivity contribution in [3.8, 4) is 11.5 Å². The van der Waals surface area contributed by atoms with E-state index in [1.165, 1.54) is 30.0 Å². The predicted molar refractivity (Wildman–Crippen MR) is 157 cm³/mol. The molecule has 2 aromatic rings. The molecule has 2 amide bonds. The zero-order valence-corrected chi connectivity index (χ0v) is 24.5. The average Bonchev–Trinajstić information content (AvgIpc) is 2.88. The molecule has 0 bridgehead atoms. The lowest BCUT2D eigenvalue weighted by Gasteiger charge is -2.29. The van der Waals surface area contributed by atoms with Crippen molar-refractivity contribution in [2.75, 3.05) is 17.2 Å². The Morgan fingerprint density at radius 3 is 1.95 bits per heavy atom. The van der Waals surface area contributed by atoms with Crippen molar-refractivity contribution in [1.82, 2.24) is 0 Å². The largest absolute Gasteiger partial charge is 0.506 e. The first kappa shape index (κ1) is 31.2. The van der Waals surface area contributed by atoms with E-state index in [2.05, 4.69) is 65.2 Å². The van der Waals surface area contributed by atoms with Crippen molar-refractivity contribution in [2.45, 2.75) is 111 Å². The lowest BCUT2D eigenvalue weighted by molar-refractivity contribution is -0.118. The minimum Gasteiger partial charge on any atom is -0.506 e. The van der Waals surface area contributed by atoms with Crippen LogP contribution in [-0.4, -0.2) is 23.5 Å². The highest BCUT2D eigenvalue weighted by Crippen LogP contribution is 2.36. The molecule has 0 fully saturated rings. The molecule has 0 spiro atoms. The number of carbonyl (C=O) groups excluding carboxylic acids is 2. The molecule has 0 aliphatic carbocycles. The van der Waals surface area contributed by atoms with Crippen LogP contribution in [0.4, 0.5) is 11.4 Å². The number of hydrogen-bond acceptors (Lipinski definition) is 4. The Bertz CT molecular complexity index is 1040. The van der Waals surface area contributed by atoms with Crippen LogP contribution < -0.4 is 15.4 Å². The van der Waals surface area contributed by atoms with E-state index < -0.39 is 0 Å². The van der Waals surface area contributed by atoms with Crippen molar-refractivity contribution in [2.24, 2.45) is 0 Å². The number of carbonyl (C=O) groups is 2. The lowest BCUT2D eigenvalue weighted by Crippen LogP contribution is -2.22. The first-order valence-electron chi connectivity index (χ1n) is 14.1. The van der Waals surface area contributed by atoms with Gasteiger partial charge in [0.05, 0.1) is 5.69 Å². The fraction of sp³-hybridized carbons (Fsp3) is 0.562. The van der Waals surface area contributed by atoms with Crippen molar-refractivity contribution in [3.05, 3.63) is 47.5 Å². The minimum atomic E-state index is -0.374. The van der Waals surface area contributed by atoms with E-state index in [0.717, 1.165) is 32.1 Å². The summed E-state index contributed by atoms with van der Waals surface area (Å²) in [5.74, 6) is 0.0938. The van der Waals surface area contributed by atoms with E-state index in [0.29, 0.717) is 17.9 Å². The summed E-state index contributed by atoms with van der Waals surface area (Å²) in [6.45, 7) is 15.2. The van der Waals surface area contributed by atoms with E-state index in [1.807, 2.05) is 12.1 Å². The molecule has 0 aliphatic rings. The molecule has 6 nitrogen and oxygen atoms in total. The molecule has 0 aromatic heterocycles. The average molecular weight is 525 g/mol. The first-order chi connectivity index (χ1) is 17.9. The Morgan fingerprint density at radius 2 is 1.39 bits per heavy atom. The summed E-state index contributed by atoms with van der Waals surface area (Å²) in [7, 11) is 0. The molecular weight excluding hydrogens is 476 g/mol. The van der Waals surface area contributed by atoms with Crippen molar-refractivity contribution in [3.63, 3.8) is 0 Å². The minimum absolute atomic E-state index is 0.0157. The molecule has 38 heavy (non-hydrogen) atoms. The molecule has 0 aliphatic heterocycles. The molecule has 210 valence electrons. The van der Waals surface area contributed by atoms with Gasteiger partial charge in [-0.05, 0) is 65.5 Å². The van der Waals surface area contributed by atoms with Gasteiger partial charge in [-0.25, -0.2) is 0 Å². The number of benzene rings is 2. The molecule has 0 atom stereocenters. The Balaban J connectivity index is 2.00. The Hall–Kier alpha value is -3.02. The number of phenolic OH excluding ortho intramolecular Hbond substituents is 1. The highest BCUT2D eigenvalue weighted by Gasteiger charge is 2.25. The number of hydrogen-bond donors (Lipinski definition) is 3. The quantitative estimate of drug-likeness (QED) is 0.162. The Morgan fingerprint density at radius 1 is 0.789 bits per heavy atom. The molecule has 0 radical (unpaired) electrons. The van der Waals surface area contributed by atoms with Gasteiger partial charge in [-0.1, -0.05) is 80.2 Å². The Kier molecular flexibility index (Phi) is 11.7. The molecule has 0 saturated carbocycles. The van der Waals surface area contributed by atoms with Crippen LogP contribution in [0.15, 0.2) is 36.4 Å². The van der Waals surface area contributed by atoms with Crippen LogP contribution in [-0.2, 0) is 20.4 Å². The number of rotatable bonds is 15. The number of phenols is 1. The van der Waals surface area contributed by atoms with Crippen LogP contribution in [0.3, 0.4) is 0 Å². The van der Waals surface area contributed by atoms with Crippen LogP contribution >= 0.6 is 0 Å². The van der Waals surface area contributed by atoms with Crippen LogP contribution in [0.1, 0.15) is 111 Å². The maximum atomic E-state index is 12.7. The molecule has 0 saturated heterocycles. The van der Waals surface area contributed by atoms with E-state index in [9.17, 15) is 14.7 Å². The second kappa shape index (κ2) is 14.2. The second-order valence-corrected chi connectivity index (χ2v) is 11.5. The summed E-state index contributed by atoms with van der Waals surface area (Å²) in [5, 5.41) is 15.9. The number of amides is 2. The van der Waals surface area contributed by atoms with Gasteiger partial charge in [-0.3, -0.25) is 9.59 Å². The third kappa shape index (κ3) is 9.38. The van der Waals surface area contributed by atoms with E-state index >= 15 is 0 Å². The third-order valence-corrected chi connectivity index (χ3v) is 7.67. The van der Waals surface area contributed by atoms with Gasteiger partial charge in [0.25, 0.3) is 5.91 Å². The molecule has 3 N–H and O–H groups in total. The standard InChI is InChI=1S/C32H48N2O4/c1-8-11-12-13-14-15-29(36)33-25-16-17-27(28(35)21-25)34-30(37)22-38-26-19-23(31(4,5)9-2)18-24(20-26)32(6,7)10-3/h16-21,35H,8-15,22H2,1-7H3,(H,33,36)(H,34,37). The molecule has 2 aromatic carbocycles. The van der Waals surface area contributed by atoms with Crippen molar-refractivity contribution in [1.29, 1.82) is 0 Å². The smallest absolute Gasteiger partial charge is 0.262 e. The summed E-state index contributed by atoms with van der Waals surface area (Å²) in [6.07, 6.45) is 7.81. The zero-order chi connectivity index (χ0) is 28.3. The fourth-order valence-electron chi connectivity index (χ4n) is 4.03. The molecular formula is C32H48N2O4. The number of unbranched alkanes of at least 4 members (excludes halogenated alkanes) is 4. The zero-order valence-electron chi connectivity index (χ0n) is 24.5. The van der Waals surface area contributed by atoms with Gasteiger partial charge in [0.15, 0.2) is 6.61 Å². The second-order valence-electron chi connectivity index (χ2n) is 11.5. The van der Waals surface area contributed by atoms with Gasteiger partial charge < -0.3 is 20.5 Å². The van der Waals surface area contributed by atoms with E-state index in [1.54, 1.807) is 12.1 Å². The van der Waals surface area contributed by atoms with E-state index in [-0.39, 0.29) is 40.7 Å². The topological polar surface area (TPSA) is 87.7 Å². The Labute approximate surface area is 229 Å². The van der Waals surface area contributed by atoms with E-state index in [4.69, 9.17) is 4.74 Å². The normalized spacial score (nSPS) is 11.8. The van der Waals surface area contributed by atoms with Crippen molar-refractivity contribution < 1.29 is 19.4 Å². The van der Waals surface area contributed by atoms with Crippen LogP contribution in [0.25, 0.3) is 0 Å². The predicted octanol–water partition coefficient (Wildman–Crippen LogP) is 8.08. The SMILES string of the molecule is CCCCCCCC(=O)Nc1ccc(NC(=O)COc2cc(C(C)(C)CC)cc(C(C)(C)CC)c2)c(O)c1. The maximum Gasteiger partial charge on any atom is 0.262 e. The lowest BCUT2D eigenvalue weighted by atomic mass is 9.76. The number of anilines is 2. The summed E-state index contributed by atoms with van der Waals surface area (Å²) in [4.78, 5) is 24.8. The highest BCUT2D eigenvalue weighted by atomic mass is 16.5. The third-order valence-electron chi connectivity index (χ3n) is 7.67. The first-order valence-corrected chi connectivity index (χ1v) is 14.1.